The van der Waals surface area contributed by atoms with E-state index in [-0.39, 0.29) is 0 Å². The number of nitrogens with zero attached hydrogens (tertiary/aromatic N) is 6. The van der Waals surface area contributed by atoms with Crippen LogP contribution in [0.15, 0.2) is 218 Å². The van der Waals surface area contributed by atoms with E-state index in [4.69, 9.17) is 21.5 Å². The Bertz CT molecular complexity index is 3600. The lowest BCUT2D eigenvalue weighted by atomic mass is 9.92. The maximum Gasteiger partial charge on any atom is 0.188 e. The summed E-state index contributed by atoms with van der Waals surface area (Å²) in [5.74, 6) is 1.79. The molecule has 6 heteroatoms. The average Bonchev–Trinajstić information content (AvgIpc) is 3.88. The molecule has 0 unspecified atom stereocenters. The van der Waals surface area contributed by atoms with E-state index in [1.807, 2.05) is 72.8 Å². The number of hydrogen-bond donors (Lipinski definition) is 0. The molecule has 3 heterocycles. The fourth-order valence-corrected chi connectivity index (χ4v) is 9.27. The second kappa shape index (κ2) is 15.2. The Kier molecular flexibility index (Phi) is 8.77. The lowest BCUT2D eigenvalue weighted by Crippen LogP contribution is -2.04. The van der Waals surface area contributed by atoms with Crippen LogP contribution in [0.25, 0.3) is 116 Å². The molecule has 12 rings (SSSR count). The van der Waals surface area contributed by atoms with E-state index in [1.54, 1.807) is 0 Å². The van der Waals surface area contributed by atoms with Gasteiger partial charge in [-0.25, -0.2) is 19.8 Å². The Labute approximate surface area is 369 Å². The highest BCUT2D eigenvalue weighted by molar-refractivity contribution is 6.14. The first-order chi connectivity index (χ1) is 31.7. The fourth-order valence-electron chi connectivity index (χ4n) is 9.27. The molecular formula is C58H36N6. The van der Waals surface area contributed by atoms with Gasteiger partial charge in [-0.15, -0.1) is 0 Å². The van der Waals surface area contributed by atoms with Gasteiger partial charge in [0.25, 0.3) is 0 Å². The highest BCUT2D eigenvalue weighted by Gasteiger charge is 2.24. The molecule has 0 bridgehead atoms. The molecule has 0 saturated carbocycles. The van der Waals surface area contributed by atoms with Crippen molar-refractivity contribution in [3.8, 4) is 67.8 Å². The number of fused-ring (bicyclic) bond motifs is 6. The van der Waals surface area contributed by atoms with Gasteiger partial charge >= 0.3 is 0 Å². The summed E-state index contributed by atoms with van der Waals surface area (Å²) in [6.45, 7) is 8.07. The molecule has 3 aromatic heterocycles. The Hall–Kier alpha value is -8.92. The standard InChI is InChI=1S/C58H36N6/c1-59-43-30-32-53-49(36-43)50-37-44(63-51-28-16-14-26-45(51)46-27-15-17-29-52(46)63)31-33-54(50)64(53)55-47(38-18-6-2-7-19-38)34-42(35-48(55)39-20-8-3-9-21-39)58-61-56(40-22-10-4-11-23-40)60-57(62-58)41-24-12-5-13-25-41/h2-37H. The van der Waals surface area contributed by atoms with Crippen LogP contribution in [0.1, 0.15) is 0 Å². The zero-order valence-electron chi connectivity index (χ0n) is 34.5. The lowest BCUT2D eigenvalue weighted by Gasteiger charge is -2.21. The Morgan fingerprint density at radius 1 is 0.328 bits per heavy atom. The molecule has 0 aliphatic heterocycles. The molecule has 12 aromatic rings. The third-order valence-electron chi connectivity index (χ3n) is 12.2. The van der Waals surface area contributed by atoms with Gasteiger partial charge in [0, 0.05) is 49.7 Å². The molecule has 0 amide bonds. The van der Waals surface area contributed by atoms with E-state index in [1.165, 1.54) is 10.8 Å². The number of rotatable bonds is 7. The van der Waals surface area contributed by atoms with Crippen LogP contribution in [-0.2, 0) is 0 Å². The first-order valence-corrected chi connectivity index (χ1v) is 21.3. The number of aromatic nitrogens is 5. The lowest BCUT2D eigenvalue weighted by molar-refractivity contribution is 1.07. The largest absolute Gasteiger partial charge is 0.309 e. The van der Waals surface area contributed by atoms with E-state index in [0.717, 1.165) is 83.2 Å². The van der Waals surface area contributed by atoms with Crippen molar-refractivity contribution in [2.75, 3.05) is 0 Å². The summed E-state index contributed by atoms with van der Waals surface area (Å²) in [6, 6.07) is 75.8. The third kappa shape index (κ3) is 6.14. The smallest absolute Gasteiger partial charge is 0.188 e. The van der Waals surface area contributed by atoms with Crippen LogP contribution in [0.2, 0.25) is 0 Å². The van der Waals surface area contributed by atoms with Crippen molar-refractivity contribution >= 4 is 49.3 Å². The van der Waals surface area contributed by atoms with Gasteiger partial charge in [0.1, 0.15) is 0 Å². The molecule has 0 aliphatic carbocycles. The molecule has 0 aliphatic rings. The maximum atomic E-state index is 8.07. The molecule has 0 spiro atoms. The topological polar surface area (TPSA) is 52.9 Å². The number of hydrogen-bond acceptors (Lipinski definition) is 3. The molecule has 9 aromatic carbocycles. The summed E-state index contributed by atoms with van der Waals surface area (Å²) in [5.41, 5.74) is 13.8. The summed E-state index contributed by atoms with van der Waals surface area (Å²) in [5, 5.41) is 4.48. The van der Waals surface area contributed by atoms with Crippen LogP contribution in [0, 0.1) is 6.57 Å². The molecular weight excluding hydrogens is 781 g/mol. The Balaban J connectivity index is 1.17. The van der Waals surface area contributed by atoms with E-state index < -0.39 is 0 Å². The van der Waals surface area contributed by atoms with Gasteiger partial charge in [0.05, 0.1) is 34.3 Å². The second-order valence-corrected chi connectivity index (χ2v) is 15.9. The van der Waals surface area contributed by atoms with Crippen LogP contribution in [-0.4, -0.2) is 24.1 Å². The van der Waals surface area contributed by atoms with Gasteiger partial charge in [-0.2, -0.15) is 0 Å². The maximum absolute atomic E-state index is 8.07. The van der Waals surface area contributed by atoms with Gasteiger partial charge in [-0.1, -0.05) is 164 Å². The monoisotopic (exact) mass is 816 g/mol. The van der Waals surface area contributed by atoms with Gasteiger partial charge in [0.2, 0.25) is 0 Å². The van der Waals surface area contributed by atoms with Crippen molar-refractivity contribution in [1.82, 2.24) is 24.1 Å². The predicted molar refractivity (Wildman–Crippen MR) is 262 cm³/mol. The molecule has 298 valence electrons. The molecule has 6 nitrogen and oxygen atoms in total. The molecule has 0 radical (unpaired) electrons. The zero-order chi connectivity index (χ0) is 42.6. The third-order valence-corrected chi connectivity index (χ3v) is 12.2. The van der Waals surface area contributed by atoms with Gasteiger partial charge in [-0.05, 0) is 71.1 Å². The van der Waals surface area contributed by atoms with E-state index in [0.29, 0.717) is 23.2 Å². The van der Waals surface area contributed by atoms with Crippen LogP contribution < -0.4 is 0 Å². The van der Waals surface area contributed by atoms with Crippen molar-refractivity contribution in [2.24, 2.45) is 0 Å². The van der Waals surface area contributed by atoms with E-state index >= 15 is 0 Å². The van der Waals surface area contributed by atoms with Gasteiger partial charge < -0.3 is 9.13 Å². The summed E-state index contributed by atoms with van der Waals surface area (Å²) in [6.07, 6.45) is 0. The van der Waals surface area contributed by atoms with Gasteiger partial charge in [0.15, 0.2) is 23.2 Å². The van der Waals surface area contributed by atoms with Crippen molar-refractivity contribution in [3.63, 3.8) is 0 Å². The van der Waals surface area contributed by atoms with Crippen molar-refractivity contribution in [1.29, 1.82) is 0 Å². The highest BCUT2D eigenvalue weighted by Crippen LogP contribution is 2.45. The van der Waals surface area contributed by atoms with Crippen molar-refractivity contribution < 1.29 is 0 Å². The number of para-hydroxylation sites is 2. The second-order valence-electron chi connectivity index (χ2n) is 15.9. The summed E-state index contributed by atoms with van der Waals surface area (Å²) in [4.78, 5) is 19.3. The minimum Gasteiger partial charge on any atom is -0.309 e. The van der Waals surface area contributed by atoms with Gasteiger partial charge in [-0.3, -0.25) is 0 Å². The minimum absolute atomic E-state index is 0.577. The van der Waals surface area contributed by atoms with Crippen molar-refractivity contribution in [3.05, 3.63) is 230 Å². The predicted octanol–water partition coefficient (Wildman–Crippen LogP) is 15.0. The van der Waals surface area contributed by atoms with E-state index in [2.05, 4.69) is 160 Å². The zero-order valence-corrected chi connectivity index (χ0v) is 34.5. The van der Waals surface area contributed by atoms with Crippen LogP contribution >= 0.6 is 0 Å². The molecule has 0 N–H and O–H groups in total. The SMILES string of the molecule is [C-]#[N+]c1ccc2c(c1)c1cc(-n3c4ccccc4c4ccccc43)ccc1n2-c1c(-c2ccccc2)cc(-c2nc(-c3ccccc3)nc(-c3ccccc3)n2)cc1-c1ccccc1. The van der Waals surface area contributed by atoms with Crippen molar-refractivity contribution in [2.45, 2.75) is 0 Å². The number of benzene rings is 9. The molecule has 64 heavy (non-hydrogen) atoms. The quantitative estimate of drug-likeness (QED) is 0.151. The first kappa shape index (κ1) is 36.9. The summed E-state index contributed by atoms with van der Waals surface area (Å²) in [7, 11) is 0. The average molecular weight is 817 g/mol. The Morgan fingerprint density at radius 3 is 1.23 bits per heavy atom. The highest BCUT2D eigenvalue weighted by atomic mass is 15.0. The molecule has 0 atom stereocenters. The summed E-state index contributed by atoms with van der Waals surface area (Å²) < 4.78 is 4.74. The first-order valence-electron chi connectivity index (χ1n) is 21.3. The molecule has 0 saturated heterocycles. The van der Waals surface area contributed by atoms with Crippen LogP contribution in [0.3, 0.4) is 0 Å². The minimum atomic E-state index is 0.577. The fraction of sp³-hybridized carbons (Fsp3) is 0. The summed E-state index contributed by atoms with van der Waals surface area (Å²) >= 11 is 0. The van der Waals surface area contributed by atoms with Crippen LogP contribution in [0.4, 0.5) is 5.69 Å². The normalized spacial score (nSPS) is 11.4. The Morgan fingerprint density at radius 2 is 0.734 bits per heavy atom. The van der Waals surface area contributed by atoms with Crippen LogP contribution in [0.5, 0.6) is 0 Å². The van der Waals surface area contributed by atoms with E-state index in [9.17, 15) is 0 Å². The molecule has 0 fully saturated rings.